The van der Waals surface area contributed by atoms with E-state index in [0.717, 1.165) is 22.0 Å². The van der Waals surface area contributed by atoms with E-state index < -0.39 is 0 Å². The second kappa shape index (κ2) is 6.46. The Hall–Kier alpha value is -1.70. The highest BCUT2D eigenvalue weighted by Crippen LogP contribution is 2.27. The third-order valence-electron chi connectivity index (χ3n) is 2.59. The summed E-state index contributed by atoms with van der Waals surface area (Å²) in [6, 6.07) is 6.58. The molecule has 0 aliphatic carbocycles. The maximum absolute atomic E-state index is 13.2. The zero-order valence-corrected chi connectivity index (χ0v) is 11.4. The molecule has 0 unspecified atom stereocenters. The number of furan rings is 1. The molecule has 1 heterocycles. The van der Waals surface area contributed by atoms with Gasteiger partial charge in [-0.2, -0.15) is 0 Å². The fourth-order valence-electron chi connectivity index (χ4n) is 1.62. The van der Waals surface area contributed by atoms with E-state index in [1.54, 1.807) is 24.1 Å². The fraction of sp³-hybridized carbons (Fsp3) is 0.200. The highest BCUT2D eigenvalue weighted by atomic mass is 32.2. The lowest BCUT2D eigenvalue weighted by molar-refractivity contribution is 0.527. The Balaban J connectivity index is 2.17. The zero-order chi connectivity index (χ0) is 13.7. The highest BCUT2D eigenvalue weighted by molar-refractivity contribution is 7.98. The highest BCUT2D eigenvalue weighted by Gasteiger charge is 2.06. The Bertz CT molecular complexity index is 625. The lowest BCUT2D eigenvalue weighted by Crippen LogP contribution is -1.95. The van der Waals surface area contributed by atoms with Crippen LogP contribution in [0.4, 0.5) is 4.39 Å². The molecule has 0 bridgehead atoms. The van der Waals surface area contributed by atoms with Crippen LogP contribution in [0.15, 0.2) is 39.8 Å². The van der Waals surface area contributed by atoms with E-state index in [1.165, 1.54) is 12.1 Å². The number of rotatable bonds is 3. The molecule has 0 atom stereocenters. The van der Waals surface area contributed by atoms with Crippen LogP contribution in [0.3, 0.4) is 0 Å². The van der Waals surface area contributed by atoms with E-state index in [4.69, 9.17) is 10.2 Å². The molecule has 1 aromatic carbocycles. The molecule has 0 amide bonds. The molecule has 2 rings (SSSR count). The summed E-state index contributed by atoms with van der Waals surface area (Å²) in [5.41, 5.74) is 7.04. The van der Waals surface area contributed by atoms with Gasteiger partial charge in [0.1, 0.15) is 11.6 Å². The average Bonchev–Trinajstić information content (AvgIpc) is 2.81. The van der Waals surface area contributed by atoms with Crippen LogP contribution in [0.2, 0.25) is 0 Å². The predicted molar refractivity (Wildman–Crippen MR) is 75.3 cm³/mol. The van der Waals surface area contributed by atoms with Crippen molar-refractivity contribution in [3.05, 3.63) is 53.2 Å². The molecule has 2 nitrogen and oxygen atoms in total. The summed E-state index contributed by atoms with van der Waals surface area (Å²) in [5.74, 6) is 6.99. The minimum atomic E-state index is -0.283. The molecule has 0 radical (unpaired) electrons. The molecule has 2 N–H and O–H groups in total. The number of benzene rings is 1. The molecule has 2 aromatic rings. The smallest absolute Gasteiger partial charge is 0.124 e. The quantitative estimate of drug-likeness (QED) is 0.690. The minimum absolute atomic E-state index is 0.268. The summed E-state index contributed by atoms with van der Waals surface area (Å²) in [6.07, 6.45) is 1.66. The van der Waals surface area contributed by atoms with E-state index in [9.17, 15) is 4.39 Å². The van der Waals surface area contributed by atoms with E-state index in [0.29, 0.717) is 5.56 Å². The second-order valence-corrected chi connectivity index (χ2v) is 4.95. The molecule has 0 saturated carbocycles. The van der Waals surface area contributed by atoms with Gasteiger partial charge in [0.25, 0.3) is 0 Å². The van der Waals surface area contributed by atoms with Gasteiger partial charge in [0.2, 0.25) is 0 Å². The lowest BCUT2D eigenvalue weighted by Gasteiger charge is -2.04. The number of hydrogen-bond donors (Lipinski definition) is 1. The Morgan fingerprint density at radius 3 is 2.89 bits per heavy atom. The molecule has 19 heavy (non-hydrogen) atoms. The maximum Gasteiger partial charge on any atom is 0.124 e. The van der Waals surface area contributed by atoms with Gasteiger partial charge in [0, 0.05) is 16.2 Å². The molecule has 4 heteroatoms. The van der Waals surface area contributed by atoms with Crippen LogP contribution in [-0.4, -0.2) is 6.54 Å². The van der Waals surface area contributed by atoms with Gasteiger partial charge in [-0.15, -0.1) is 11.8 Å². The van der Waals surface area contributed by atoms with Gasteiger partial charge in [-0.1, -0.05) is 17.9 Å². The maximum atomic E-state index is 13.2. The first-order chi connectivity index (χ1) is 9.20. The number of hydrogen-bond acceptors (Lipinski definition) is 3. The normalized spacial score (nSPS) is 10.1. The van der Waals surface area contributed by atoms with Gasteiger partial charge in [-0.3, -0.25) is 0 Å². The van der Waals surface area contributed by atoms with E-state index >= 15 is 0 Å². The van der Waals surface area contributed by atoms with E-state index in [-0.39, 0.29) is 12.4 Å². The Morgan fingerprint density at radius 1 is 1.37 bits per heavy atom. The predicted octanol–water partition coefficient (Wildman–Crippen LogP) is 3.33. The molecule has 0 aliphatic heterocycles. The van der Waals surface area contributed by atoms with Crippen LogP contribution in [0.25, 0.3) is 0 Å². The van der Waals surface area contributed by atoms with Crippen molar-refractivity contribution in [2.45, 2.75) is 17.6 Å². The van der Waals surface area contributed by atoms with E-state index in [1.807, 2.05) is 13.0 Å². The topological polar surface area (TPSA) is 39.2 Å². The molecular formula is C15H14FNOS. The van der Waals surface area contributed by atoms with E-state index in [2.05, 4.69) is 11.8 Å². The van der Waals surface area contributed by atoms with Crippen LogP contribution in [0.5, 0.6) is 0 Å². The van der Waals surface area contributed by atoms with Crippen molar-refractivity contribution in [3.63, 3.8) is 0 Å². The molecule has 0 aliphatic rings. The monoisotopic (exact) mass is 275 g/mol. The summed E-state index contributed by atoms with van der Waals surface area (Å²) in [5, 5.41) is 0. The zero-order valence-electron chi connectivity index (χ0n) is 10.6. The first-order valence-electron chi connectivity index (χ1n) is 5.85. The van der Waals surface area contributed by atoms with Gasteiger partial charge < -0.3 is 10.2 Å². The van der Waals surface area contributed by atoms with Crippen molar-refractivity contribution >= 4 is 11.8 Å². The summed E-state index contributed by atoms with van der Waals surface area (Å²) in [6.45, 7) is 2.19. The van der Waals surface area contributed by atoms with Crippen molar-refractivity contribution < 1.29 is 8.81 Å². The van der Waals surface area contributed by atoms with Crippen LogP contribution in [0, 0.1) is 24.6 Å². The summed E-state index contributed by atoms with van der Waals surface area (Å²) in [4.78, 5) is 1.09. The van der Waals surface area contributed by atoms with Gasteiger partial charge in [0.05, 0.1) is 12.8 Å². The van der Waals surface area contributed by atoms with Gasteiger partial charge in [-0.05, 0) is 30.7 Å². The summed E-state index contributed by atoms with van der Waals surface area (Å²) in [7, 11) is 0. The molecular weight excluding hydrogens is 261 g/mol. The molecule has 98 valence electrons. The van der Waals surface area contributed by atoms with Crippen molar-refractivity contribution in [2.24, 2.45) is 5.73 Å². The number of thioether (sulfide) groups is 1. The summed E-state index contributed by atoms with van der Waals surface area (Å²) < 4.78 is 18.5. The average molecular weight is 275 g/mol. The molecule has 1 aromatic heterocycles. The minimum Gasteiger partial charge on any atom is -0.468 e. The van der Waals surface area contributed by atoms with Gasteiger partial charge >= 0.3 is 0 Å². The first kappa shape index (κ1) is 13.7. The largest absolute Gasteiger partial charge is 0.468 e. The number of nitrogens with two attached hydrogens (primary N) is 1. The third kappa shape index (κ3) is 3.63. The van der Waals surface area contributed by atoms with Gasteiger partial charge in [-0.25, -0.2) is 4.39 Å². The first-order valence-corrected chi connectivity index (χ1v) is 6.83. The van der Waals surface area contributed by atoms with Crippen molar-refractivity contribution in [1.82, 2.24) is 0 Å². The van der Waals surface area contributed by atoms with Crippen LogP contribution >= 0.6 is 11.8 Å². The number of aryl methyl sites for hydroxylation is 1. The molecule has 0 saturated heterocycles. The third-order valence-corrected chi connectivity index (χ3v) is 3.78. The molecule has 0 spiro atoms. The number of halogens is 1. The SMILES string of the molecule is Cc1occc1SCc1ccc(F)cc1C#CCN. The Morgan fingerprint density at radius 2 is 2.21 bits per heavy atom. The van der Waals surface area contributed by atoms with Crippen LogP contribution in [0.1, 0.15) is 16.9 Å². The molecule has 0 fully saturated rings. The summed E-state index contributed by atoms with van der Waals surface area (Å²) >= 11 is 1.65. The van der Waals surface area contributed by atoms with Crippen molar-refractivity contribution in [1.29, 1.82) is 0 Å². The lowest BCUT2D eigenvalue weighted by atomic mass is 10.1. The Labute approximate surface area is 116 Å². The Kier molecular flexibility index (Phi) is 4.67. The second-order valence-electron chi connectivity index (χ2n) is 3.94. The van der Waals surface area contributed by atoms with Crippen LogP contribution in [-0.2, 0) is 5.75 Å². The van der Waals surface area contributed by atoms with Crippen molar-refractivity contribution in [2.75, 3.05) is 6.54 Å². The fourth-order valence-corrected chi connectivity index (χ4v) is 2.58. The van der Waals surface area contributed by atoms with Gasteiger partial charge in [0.15, 0.2) is 0 Å². The standard InChI is InChI=1S/C15H14FNOS/c1-11-15(6-8-18-11)19-10-13-4-5-14(16)9-12(13)3-2-7-17/h4-6,8-9H,7,10,17H2,1H3. The van der Waals surface area contributed by atoms with Crippen LogP contribution < -0.4 is 5.73 Å². The van der Waals surface area contributed by atoms with Crippen molar-refractivity contribution in [3.8, 4) is 11.8 Å².